The lowest BCUT2D eigenvalue weighted by molar-refractivity contribution is 0.230. The molecule has 0 amide bonds. The van der Waals surface area contributed by atoms with Crippen molar-refractivity contribution in [3.8, 4) is 11.1 Å². The molecule has 0 saturated carbocycles. The van der Waals surface area contributed by atoms with Gasteiger partial charge >= 0.3 is 0 Å². The molecule has 1 aliphatic heterocycles. The van der Waals surface area contributed by atoms with Gasteiger partial charge in [-0.3, -0.25) is 19.2 Å². The normalized spacial score (nSPS) is 15.5. The summed E-state index contributed by atoms with van der Waals surface area (Å²) in [5, 5.41) is 0. The van der Waals surface area contributed by atoms with Crippen LogP contribution in [0.25, 0.3) is 17.2 Å². The van der Waals surface area contributed by atoms with Crippen molar-refractivity contribution in [3.05, 3.63) is 98.5 Å². The zero-order valence-corrected chi connectivity index (χ0v) is 21.1. The van der Waals surface area contributed by atoms with E-state index in [2.05, 4.69) is 74.0 Å². The van der Waals surface area contributed by atoms with Gasteiger partial charge in [0.1, 0.15) is 5.82 Å². The molecule has 2 aromatic heterocycles. The minimum atomic E-state index is -0.0360. The molecule has 0 saturated heterocycles. The second kappa shape index (κ2) is 9.90. The maximum Gasteiger partial charge on any atom is 0.253 e. The van der Waals surface area contributed by atoms with Crippen molar-refractivity contribution in [1.29, 1.82) is 0 Å². The molecule has 5 nitrogen and oxygen atoms in total. The first-order valence-corrected chi connectivity index (χ1v) is 11.9. The molecule has 0 N–H and O–H groups in total. The van der Waals surface area contributed by atoms with Gasteiger partial charge in [0.15, 0.2) is 0 Å². The predicted octanol–water partition coefficient (Wildman–Crippen LogP) is 5.17. The Morgan fingerprint density at radius 2 is 1.94 bits per heavy atom. The Kier molecular flexibility index (Phi) is 6.94. The topological polar surface area (TPSA) is 51.0 Å². The smallest absolute Gasteiger partial charge is 0.253 e. The van der Waals surface area contributed by atoms with Gasteiger partial charge in [-0.1, -0.05) is 35.9 Å². The number of fused-ring (bicyclic) bond motifs is 1. The lowest BCUT2D eigenvalue weighted by Gasteiger charge is -2.34. The van der Waals surface area contributed by atoms with Gasteiger partial charge in [0, 0.05) is 61.8 Å². The van der Waals surface area contributed by atoms with Crippen LogP contribution in [0.1, 0.15) is 47.8 Å². The first-order valence-electron chi connectivity index (χ1n) is 11.9. The molecule has 3 heterocycles. The van der Waals surface area contributed by atoms with Crippen LogP contribution in [0.5, 0.6) is 0 Å². The van der Waals surface area contributed by atoms with Crippen LogP contribution in [0, 0.1) is 20.8 Å². The minimum Gasteiger partial charge on any atom is -0.296 e. The fraction of sp³-hybridized carbons (Fsp3) is 0.345. The Balaban J connectivity index is 1.66. The number of hydrogen-bond donors (Lipinski definition) is 0. The van der Waals surface area contributed by atoms with Gasteiger partial charge in [0.25, 0.3) is 5.56 Å². The van der Waals surface area contributed by atoms with Gasteiger partial charge < -0.3 is 0 Å². The van der Waals surface area contributed by atoms with Crippen LogP contribution in [0.2, 0.25) is 0 Å². The molecule has 0 radical (unpaired) electrons. The second-order valence-electron chi connectivity index (χ2n) is 9.38. The van der Waals surface area contributed by atoms with E-state index in [0.29, 0.717) is 5.82 Å². The molecule has 0 spiro atoms. The van der Waals surface area contributed by atoms with Crippen LogP contribution in [0.4, 0.5) is 0 Å². The van der Waals surface area contributed by atoms with E-state index in [0.717, 1.165) is 30.8 Å². The van der Waals surface area contributed by atoms with Gasteiger partial charge in [-0.25, -0.2) is 4.98 Å². The Bertz CT molecular complexity index is 1330. The van der Waals surface area contributed by atoms with Crippen molar-refractivity contribution >= 4 is 6.08 Å². The molecule has 0 aliphatic carbocycles. The van der Waals surface area contributed by atoms with Crippen molar-refractivity contribution in [2.24, 2.45) is 7.05 Å². The highest BCUT2D eigenvalue weighted by Gasteiger charge is 2.24. The summed E-state index contributed by atoms with van der Waals surface area (Å²) in [7, 11) is 1.77. The number of aryl methyl sites for hydroxylation is 3. The van der Waals surface area contributed by atoms with Crippen LogP contribution in [0.3, 0.4) is 0 Å². The van der Waals surface area contributed by atoms with E-state index in [4.69, 9.17) is 4.98 Å². The van der Waals surface area contributed by atoms with Crippen LogP contribution in [0.15, 0.2) is 59.0 Å². The number of pyridine rings is 1. The first kappa shape index (κ1) is 23.8. The van der Waals surface area contributed by atoms with Crippen LogP contribution in [-0.2, 0) is 20.0 Å². The summed E-state index contributed by atoms with van der Waals surface area (Å²) in [6, 6.07) is 10.6. The standard InChI is InChI=1S/C29H34N4O/c1-7-8-27(21(4)14-28-31-22(5)15-29(34)32(28)6)33-12-11-26-24(18-33)16-23(17-30-26)25-13-19(2)9-10-20(25)3/h7-10,13-17,27H,11-12,18H2,1-6H3/b8-7-,21-14-. The van der Waals surface area contributed by atoms with E-state index in [-0.39, 0.29) is 11.6 Å². The van der Waals surface area contributed by atoms with Crippen LogP contribution in [-0.4, -0.2) is 32.0 Å². The third kappa shape index (κ3) is 4.95. The van der Waals surface area contributed by atoms with E-state index in [1.165, 1.54) is 33.5 Å². The summed E-state index contributed by atoms with van der Waals surface area (Å²) < 4.78 is 1.61. The quantitative estimate of drug-likeness (QED) is 0.499. The van der Waals surface area contributed by atoms with E-state index >= 15 is 0 Å². The molecule has 1 unspecified atom stereocenters. The highest BCUT2D eigenvalue weighted by atomic mass is 16.1. The third-order valence-corrected chi connectivity index (χ3v) is 6.66. The van der Waals surface area contributed by atoms with E-state index in [1.807, 2.05) is 19.2 Å². The van der Waals surface area contributed by atoms with Gasteiger partial charge in [0.05, 0.1) is 0 Å². The molecule has 1 aromatic carbocycles. The summed E-state index contributed by atoms with van der Waals surface area (Å²) in [6.07, 6.45) is 9.32. The highest BCUT2D eigenvalue weighted by molar-refractivity contribution is 5.68. The van der Waals surface area contributed by atoms with E-state index < -0.39 is 0 Å². The van der Waals surface area contributed by atoms with Crippen molar-refractivity contribution in [3.63, 3.8) is 0 Å². The number of rotatable bonds is 5. The molecule has 0 fully saturated rings. The third-order valence-electron chi connectivity index (χ3n) is 6.66. The Morgan fingerprint density at radius 3 is 2.71 bits per heavy atom. The molecule has 1 atom stereocenters. The van der Waals surface area contributed by atoms with Gasteiger partial charge in [-0.05, 0) is 69.0 Å². The van der Waals surface area contributed by atoms with Crippen LogP contribution >= 0.6 is 0 Å². The van der Waals surface area contributed by atoms with Gasteiger partial charge in [0.2, 0.25) is 0 Å². The average Bonchev–Trinajstić information content (AvgIpc) is 2.81. The molecule has 4 rings (SSSR count). The maximum atomic E-state index is 12.2. The Morgan fingerprint density at radius 1 is 1.15 bits per heavy atom. The predicted molar refractivity (Wildman–Crippen MR) is 140 cm³/mol. The fourth-order valence-corrected chi connectivity index (χ4v) is 4.72. The molecule has 3 aromatic rings. The molecular weight excluding hydrogens is 420 g/mol. The van der Waals surface area contributed by atoms with Crippen molar-refractivity contribution in [1.82, 2.24) is 19.4 Å². The highest BCUT2D eigenvalue weighted by Crippen LogP contribution is 2.29. The Labute approximate surface area is 202 Å². The molecule has 176 valence electrons. The monoisotopic (exact) mass is 454 g/mol. The summed E-state index contributed by atoms with van der Waals surface area (Å²) in [5.74, 6) is 0.688. The fourth-order valence-electron chi connectivity index (χ4n) is 4.72. The zero-order chi connectivity index (χ0) is 24.4. The molecule has 5 heteroatoms. The molecule has 34 heavy (non-hydrogen) atoms. The van der Waals surface area contributed by atoms with Crippen molar-refractivity contribution < 1.29 is 0 Å². The average molecular weight is 455 g/mol. The number of hydrogen-bond acceptors (Lipinski definition) is 4. The molecule has 1 aliphatic rings. The van der Waals surface area contributed by atoms with Crippen molar-refractivity contribution in [2.75, 3.05) is 6.54 Å². The summed E-state index contributed by atoms with van der Waals surface area (Å²) in [4.78, 5) is 24.1. The number of nitrogens with zero attached hydrogens (tertiary/aromatic N) is 4. The molecule has 0 bridgehead atoms. The largest absolute Gasteiger partial charge is 0.296 e. The van der Waals surface area contributed by atoms with Crippen LogP contribution < -0.4 is 5.56 Å². The van der Waals surface area contributed by atoms with E-state index in [9.17, 15) is 4.79 Å². The SMILES string of the molecule is C/C=C\C(/C(C)=C\c1nc(C)cc(=O)n1C)N1CCc2ncc(-c3cc(C)ccc3C)cc2C1. The number of aromatic nitrogens is 3. The second-order valence-corrected chi connectivity index (χ2v) is 9.38. The summed E-state index contributed by atoms with van der Waals surface area (Å²) in [6.45, 7) is 12.1. The van der Waals surface area contributed by atoms with E-state index in [1.54, 1.807) is 17.7 Å². The Hall–Kier alpha value is -3.31. The lowest BCUT2D eigenvalue weighted by atomic mass is 9.95. The number of allylic oxidation sites excluding steroid dienone is 1. The maximum absolute atomic E-state index is 12.2. The van der Waals surface area contributed by atoms with Crippen molar-refractivity contribution in [2.45, 2.75) is 53.6 Å². The first-order chi connectivity index (χ1) is 16.3. The molecular formula is C29H34N4O. The van der Waals surface area contributed by atoms with Gasteiger partial charge in [-0.15, -0.1) is 0 Å². The lowest BCUT2D eigenvalue weighted by Crippen LogP contribution is -2.39. The summed E-state index contributed by atoms with van der Waals surface area (Å²) in [5.41, 5.74) is 9.29. The zero-order valence-electron chi connectivity index (χ0n) is 21.1. The summed E-state index contributed by atoms with van der Waals surface area (Å²) >= 11 is 0. The number of benzene rings is 1. The minimum absolute atomic E-state index is 0.0360. The van der Waals surface area contributed by atoms with Gasteiger partial charge in [-0.2, -0.15) is 0 Å².